The van der Waals surface area contributed by atoms with Gasteiger partial charge in [0.2, 0.25) is 5.91 Å². The van der Waals surface area contributed by atoms with Crippen molar-refractivity contribution >= 4 is 29.0 Å². The Kier molecular flexibility index (Phi) is 9.94. The predicted molar refractivity (Wildman–Crippen MR) is 145 cm³/mol. The molecule has 1 aromatic heterocycles. The Morgan fingerprint density at radius 3 is 2.50 bits per heavy atom. The molecule has 8 heteroatoms. The van der Waals surface area contributed by atoms with Gasteiger partial charge in [-0.2, -0.15) is 0 Å². The summed E-state index contributed by atoms with van der Waals surface area (Å²) in [5, 5.41) is 4.88. The van der Waals surface area contributed by atoms with Crippen molar-refractivity contribution in [3.63, 3.8) is 0 Å². The number of benzene rings is 2. The minimum Gasteiger partial charge on any atom is -0.493 e. The summed E-state index contributed by atoms with van der Waals surface area (Å²) in [7, 11) is 3.20. The van der Waals surface area contributed by atoms with E-state index in [9.17, 15) is 9.59 Å². The lowest BCUT2D eigenvalue weighted by atomic mass is 10.1. The first-order valence-corrected chi connectivity index (χ1v) is 12.6. The molecule has 0 aliphatic carbocycles. The lowest BCUT2D eigenvalue weighted by molar-refractivity contribution is -0.132. The van der Waals surface area contributed by atoms with E-state index in [0.717, 1.165) is 16.0 Å². The predicted octanol–water partition coefficient (Wildman–Crippen LogP) is 5.37. The summed E-state index contributed by atoms with van der Waals surface area (Å²) in [4.78, 5) is 30.7. The highest BCUT2D eigenvalue weighted by molar-refractivity contribution is 7.09. The fraction of sp³-hybridized carbons (Fsp3) is 0.286. The Labute approximate surface area is 216 Å². The van der Waals surface area contributed by atoms with Crippen LogP contribution in [0.4, 0.5) is 10.5 Å². The largest absolute Gasteiger partial charge is 0.493 e. The smallest absolute Gasteiger partial charge is 0.322 e. The quantitative estimate of drug-likeness (QED) is 0.335. The molecule has 0 aliphatic rings. The van der Waals surface area contributed by atoms with Crippen LogP contribution in [-0.2, 0) is 17.8 Å². The second-order valence-corrected chi connectivity index (χ2v) is 9.34. The van der Waals surface area contributed by atoms with E-state index in [-0.39, 0.29) is 25.0 Å². The normalized spacial score (nSPS) is 10.4. The maximum Gasteiger partial charge on any atom is 0.322 e. The van der Waals surface area contributed by atoms with Crippen LogP contribution < -0.4 is 14.8 Å². The van der Waals surface area contributed by atoms with Crippen LogP contribution in [0.2, 0.25) is 0 Å². The van der Waals surface area contributed by atoms with Crippen molar-refractivity contribution in [2.75, 3.05) is 39.2 Å². The number of hydrogen-bond acceptors (Lipinski definition) is 5. The summed E-state index contributed by atoms with van der Waals surface area (Å²) in [5.41, 5.74) is 2.75. The Morgan fingerprint density at radius 2 is 1.83 bits per heavy atom. The lowest BCUT2D eigenvalue weighted by Gasteiger charge is -2.27. The minimum absolute atomic E-state index is 0.0546. The minimum atomic E-state index is -0.343. The molecule has 0 spiro atoms. The monoisotopic (exact) mass is 507 g/mol. The molecule has 2 aromatic carbocycles. The second kappa shape index (κ2) is 13.3. The number of amides is 3. The van der Waals surface area contributed by atoms with E-state index in [1.165, 1.54) is 4.90 Å². The molecule has 0 saturated heterocycles. The highest BCUT2D eigenvalue weighted by atomic mass is 32.1. The van der Waals surface area contributed by atoms with Crippen molar-refractivity contribution < 1.29 is 19.1 Å². The van der Waals surface area contributed by atoms with Crippen molar-refractivity contribution in [1.29, 1.82) is 0 Å². The standard InChI is InChI=1S/C28H33N3O4S/c1-5-14-31(28(33)29-23-9-6-8-21(2)17-23)20-27(32)30(19-24-10-7-16-36-24)15-13-22-11-12-25(34-3)26(18-22)35-4/h5-12,16-18H,1,13-15,19-20H2,2-4H3,(H,29,33). The number of carbonyl (C=O) groups is 2. The van der Waals surface area contributed by atoms with Crippen LogP contribution in [0.1, 0.15) is 16.0 Å². The number of urea groups is 1. The zero-order chi connectivity index (χ0) is 25.9. The van der Waals surface area contributed by atoms with Gasteiger partial charge in [0.05, 0.1) is 20.8 Å². The topological polar surface area (TPSA) is 71.1 Å². The molecule has 1 N–H and O–H groups in total. The van der Waals surface area contributed by atoms with Gasteiger partial charge in [0.25, 0.3) is 0 Å². The van der Waals surface area contributed by atoms with Crippen molar-refractivity contribution in [1.82, 2.24) is 9.80 Å². The van der Waals surface area contributed by atoms with Crippen LogP contribution in [0.5, 0.6) is 11.5 Å². The molecule has 3 aromatic rings. The molecule has 7 nitrogen and oxygen atoms in total. The Balaban J connectivity index is 1.72. The van der Waals surface area contributed by atoms with E-state index in [0.29, 0.717) is 36.7 Å². The maximum atomic E-state index is 13.4. The average molecular weight is 508 g/mol. The van der Waals surface area contributed by atoms with E-state index in [4.69, 9.17) is 9.47 Å². The third kappa shape index (κ3) is 7.61. The van der Waals surface area contributed by atoms with Gasteiger partial charge in [0, 0.05) is 23.7 Å². The summed E-state index contributed by atoms with van der Waals surface area (Å²) in [6.45, 7) is 6.89. The second-order valence-electron chi connectivity index (χ2n) is 8.30. The summed E-state index contributed by atoms with van der Waals surface area (Å²) in [5.74, 6) is 1.17. The van der Waals surface area contributed by atoms with Crippen LogP contribution >= 0.6 is 11.3 Å². The van der Waals surface area contributed by atoms with Crippen LogP contribution in [-0.4, -0.2) is 55.6 Å². The highest BCUT2D eigenvalue weighted by Crippen LogP contribution is 2.28. The van der Waals surface area contributed by atoms with E-state index < -0.39 is 0 Å². The Bertz CT molecular complexity index is 1160. The summed E-state index contributed by atoms with van der Waals surface area (Å²) >= 11 is 1.60. The zero-order valence-electron chi connectivity index (χ0n) is 21.0. The molecule has 0 saturated carbocycles. The number of carbonyl (C=O) groups excluding carboxylic acids is 2. The molecule has 3 rings (SSSR count). The van der Waals surface area contributed by atoms with Gasteiger partial charge in [-0.25, -0.2) is 4.79 Å². The number of hydrogen-bond donors (Lipinski definition) is 1. The number of methoxy groups -OCH3 is 2. The fourth-order valence-corrected chi connectivity index (χ4v) is 4.47. The van der Waals surface area contributed by atoms with Crippen molar-refractivity contribution in [2.45, 2.75) is 19.9 Å². The number of thiophene rings is 1. The van der Waals surface area contributed by atoms with Gasteiger partial charge < -0.3 is 24.6 Å². The Morgan fingerprint density at radius 1 is 1.03 bits per heavy atom. The van der Waals surface area contributed by atoms with E-state index in [1.807, 2.05) is 66.9 Å². The van der Waals surface area contributed by atoms with Gasteiger partial charge in [0.1, 0.15) is 6.54 Å². The van der Waals surface area contributed by atoms with Gasteiger partial charge in [-0.15, -0.1) is 17.9 Å². The first kappa shape index (κ1) is 26.8. The molecule has 3 amide bonds. The maximum absolute atomic E-state index is 13.4. The van der Waals surface area contributed by atoms with Gasteiger partial charge in [-0.05, 0) is 60.2 Å². The first-order valence-electron chi connectivity index (χ1n) is 11.7. The summed E-state index contributed by atoms with van der Waals surface area (Å²) in [6.07, 6.45) is 2.25. The average Bonchev–Trinajstić information content (AvgIpc) is 3.39. The number of nitrogens with one attached hydrogen (secondary N) is 1. The highest BCUT2D eigenvalue weighted by Gasteiger charge is 2.21. The number of ether oxygens (including phenoxy) is 2. The summed E-state index contributed by atoms with van der Waals surface area (Å²) in [6, 6.07) is 16.9. The molecule has 190 valence electrons. The van der Waals surface area contributed by atoms with Crippen LogP contribution in [0.25, 0.3) is 0 Å². The number of rotatable bonds is 12. The van der Waals surface area contributed by atoms with Crippen LogP contribution in [0.3, 0.4) is 0 Å². The van der Waals surface area contributed by atoms with Gasteiger partial charge >= 0.3 is 6.03 Å². The lowest BCUT2D eigenvalue weighted by Crippen LogP contribution is -2.44. The SMILES string of the molecule is C=CCN(CC(=O)N(CCc1ccc(OC)c(OC)c1)Cc1cccs1)C(=O)Nc1cccc(C)c1. The van der Waals surface area contributed by atoms with Crippen molar-refractivity contribution in [3.8, 4) is 11.5 Å². The van der Waals surface area contributed by atoms with Gasteiger partial charge in [-0.1, -0.05) is 30.3 Å². The van der Waals surface area contributed by atoms with Crippen molar-refractivity contribution in [2.24, 2.45) is 0 Å². The molecular formula is C28H33N3O4S. The molecule has 0 fully saturated rings. The number of anilines is 1. The molecule has 0 aliphatic heterocycles. The third-order valence-corrected chi connectivity index (χ3v) is 6.49. The first-order chi connectivity index (χ1) is 17.4. The molecule has 1 heterocycles. The number of aryl methyl sites for hydroxylation is 1. The molecule has 0 radical (unpaired) electrons. The number of nitrogens with zero attached hydrogens (tertiary/aromatic N) is 2. The summed E-state index contributed by atoms with van der Waals surface area (Å²) < 4.78 is 10.7. The van der Waals surface area contributed by atoms with E-state index >= 15 is 0 Å². The Hall–Kier alpha value is -3.78. The van der Waals surface area contributed by atoms with E-state index in [2.05, 4.69) is 11.9 Å². The van der Waals surface area contributed by atoms with Crippen molar-refractivity contribution in [3.05, 3.63) is 88.6 Å². The molecular weight excluding hydrogens is 474 g/mol. The van der Waals surface area contributed by atoms with Gasteiger partial charge in [-0.3, -0.25) is 4.79 Å². The van der Waals surface area contributed by atoms with E-state index in [1.54, 1.807) is 36.5 Å². The fourth-order valence-electron chi connectivity index (χ4n) is 3.75. The zero-order valence-corrected chi connectivity index (χ0v) is 21.8. The molecule has 36 heavy (non-hydrogen) atoms. The third-order valence-electron chi connectivity index (χ3n) is 5.63. The molecule has 0 bridgehead atoms. The molecule has 0 unspecified atom stereocenters. The molecule has 0 atom stereocenters. The van der Waals surface area contributed by atoms with Crippen LogP contribution in [0, 0.1) is 6.92 Å². The van der Waals surface area contributed by atoms with Crippen LogP contribution in [0.15, 0.2) is 72.6 Å². The van der Waals surface area contributed by atoms with Gasteiger partial charge in [0.15, 0.2) is 11.5 Å².